The summed E-state index contributed by atoms with van der Waals surface area (Å²) < 4.78 is 38.9. The van der Waals surface area contributed by atoms with Crippen molar-refractivity contribution in [1.82, 2.24) is 20.1 Å². The first kappa shape index (κ1) is 39.8. The molecule has 0 aliphatic carbocycles. The molecule has 15 heteroatoms. The minimum absolute atomic E-state index is 0.0234. The highest BCUT2D eigenvalue weighted by molar-refractivity contribution is 7.92. The molecule has 14 nitrogen and oxygen atoms in total. The van der Waals surface area contributed by atoms with E-state index >= 15 is 0 Å². The molecule has 5 atom stereocenters. The van der Waals surface area contributed by atoms with Crippen LogP contribution < -0.4 is 5.32 Å². The monoisotopic (exact) mass is 706 g/mol. The lowest BCUT2D eigenvalue weighted by Gasteiger charge is -2.31. The van der Waals surface area contributed by atoms with E-state index in [1.54, 1.807) is 37.0 Å². The number of nitrogens with one attached hydrogen (secondary N) is 1. The third-order valence-corrected chi connectivity index (χ3v) is 10.8. The van der Waals surface area contributed by atoms with Crippen LogP contribution >= 0.6 is 0 Å². The number of ether oxygens (including phenoxy) is 1. The molecule has 0 saturated carbocycles. The highest BCUT2D eigenvalue weighted by Gasteiger charge is 2.50. The van der Waals surface area contributed by atoms with Crippen molar-refractivity contribution in [3.8, 4) is 0 Å². The molecule has 1 aromatic heterocycles. The van der Waals surface area contributed by atoms with Gasteiger partial charge < -0.3 is 34.5 Å². The van der Waals surface area contributed by atoms with Crippen LogP contribution in [0.1, 0.15) is 63.8 Å². The number of Topliss-reactive ketones (excluding diaryl/α,β-unsaturated/α-hetero) is 1. The number of aliphatic hydroxyl groups excluding tert-OH is 2. The average Bonchev–Trinajstić information content (AvgIpc) is 3.70. The van der Waals surface area contributed by atoms with E-state index in [4.69, 9.17) is 9.15 Å². The van der Waals surface area contributed by atoms with E-state index in [9.17, 15) is 37.8 Å². The SMILES string of the molecule is CCN(CCO)CCS(=O)(=O)[C@@H]1CCN2C(=O)c3coc(n3)CC(=O)C[C@H](O)/C=C(C)/C=C/CNC(=O)/C=C/[C@@H](C)[C@@H](C(C)C)OC(=O)[C@@H]12. The first-order chi connectivity index (χ1) is 23.2. The first-order valence-corrected chi connectivity index (χ1v) is 18.4. The number of esters is 1. The Balaban J connectivity index is 2.00. The third kappa shape index (κ3) is 11.4. The van der Waals surface area contributed by atoms with E-state index in [2.05, 4.69) is 10.3 Å². The number of rotatable bonds is 8. The van der Waals surface area contributed by atoms with Gasteiger partial charge in [0.15, 0.2) is 15.5 Å². The normalized spacial score (nSPS) is 27.7. The van der Waals surface area contributed by atoms with Gasteiger partial charge in [-0.15, -0.1) is 0 Å². The molecular weight excluding hydrogens is 656 g/mol. The lowest BCUT2D eigenvalue weighted by atomic mass is 9.94. The molecule has 3 N–H and O–H groups in total. The summed E-state index contributed by atoms with van der Waals surface area (Å²) in [7, 11) is -3.96. The van der Waals surface area contributed by atoms with Crippen molar-refractivity contribution < 1.29 is 47.0 Å². The Kier molecular flexibility index (Phi) is 14.9. The zero-order valence-electron chi connectivity index (χ0n) is 28.9. The molecule has 3 rings (SSSR count). The fraction of sp³-hybridized carbons (Fsp3) is 0.618. The number of aromatic nitrogens is 1. The van der Waals surface area contributed by atoms with Gasteiger partial charge in [0.25, 0.3) is 5.91 Å². The van der Waals surface area contributed by atoms with Gasteiger partial charge in [0.1, 0.15) is 24.2 Å². The van der Waals surface area contributed by atoms with Gasteiger partial charge in [-0.05, 0) is 31.9 Å². The molecule has 2 aliphatic heterocycles. The minimum Gasteiger partial charge on any atom is -0.460 e. The highest BCUT2D eigenvalue weighted by Crippen LogP contribution is 2.30. The zero-order valence-corrected chi connectivity index (χ0v) is 29.7. The van der Waals surface area contributed by atoms with Gasteiger partial charge in [-0.2, -0.15) is 0 Å². The highest BCUT2D eigenvalue weighted by atomic mass is 32.2. The number of hydrogen-bond acceptors (Lipinski definition) is 12. The topological polar surface area (TPSA) is 197 Å². The summed E-state index contributed by atoms with van der Waals surface area (Å²) in [5.74, 6) is -3.50. The Labute approximate surface area is 288 Å². The number of carbonyl (C=O) groups excluding carboxylic acids is 4. The molecule has 0 unspecified atom stereocenters. The Morgan fingerprint density at radius 1 is 1.16 bits per heavy atom. The van der Waals surface area contributed by atoms with Crippen molar-refractivity contribution in [3.05, 3.63) is 53.8 Å². The summed E-state index contributed by atoms with van der Waals surface area (Å²) in [6.07, 6.45) is 6.48. The van der Waals surface area contributed by atoms with Gasteiger partial charge >= 0.3 is 5.97 Å². The maximum atomic E-state index is 14.0. The van der Waals surface area contributed by atoms with E-state index in [1.807, 2.05) is 20.8 Å². The second-order valence-electron chi connectivity index (χ2n) is 12.8. The van der Waals surface area contributed by atoms with Crippen LogP contribution in [0.4, 0.5) is 0 Å². The molecule has 272 valence electrons. The average molecular weight is 707 g/mol. The van der Waals surface area contributed by atoms with Crippen LogP contribution in [-0.2, 0) is 35.4 Å². The second kappa shape index (κ2) is 18.4. The number of oxazole rings is 1. The molecule has 1 saturated heterocycles. The lowest BCUT2D eigenvalue weighted by molar-refractivity contribution is -0.157. The van der Waals surface area contributed by atoms with E-state index in [0.717, 1.165) is 11.2 Å². The zero-order chi connectivity index (χ0) is 36.3. The molecule has 3 heterocycles. The maximum absolute atomic E-state index is 14.0. The Morgan fingerprint density at radius 2 is 1.90 bits per heavy atom. The predicted octanol–water partition coefficient (Wildman–Crippen LogP) is 1.24. The van der Waals surface area contributed by atoms with Gasteiger partial charge in [-0.25, -0.2) is 18.2 Å². The standard InChI is InChI=1S/C34H50N4O10S/c1-6-37(14-16-39)15-17-49(45,46)28-11-13-38-31(28)34(44)48-32(22(2)3)24(5)9-10-29(42)35-12-7-8-23(4)18-25(40)19-26(41)20-30-36-27(21-47-30)33(38)43/h7-10,18,21-22,24-25,28,31-32,39-40H,6,11-17,19-20H2,1-5H3,(H,35,42)/b8-7+,10-9+,23-18+/t24-,25-,28-,31-,32-/m1/s1. The van der Waals surface area contributed by atoms with Crippen molar-refractivity contribution in [1.29, 1.82) is 0 Å². The van der Waals surface area contributed by atoms with Crippen LogP contribution in [0.3, 0.4) is 0 Å². The van der Waals surface area contributed by atoms with Gasteiger partial charge in [-0.3, -0.25) is 14.4 Å². The van der Waals surface area contributed by atoms with E-state index in [0.29, 0.717) is 12.1 Å². The Hall–Kier alpha value is -3.66. The van der Waals surface area contributed by atoms with Crippen molar-refractivity contribution in [3.63, 3.8) is 0 Å². The number of ketones is 1. The largest absolute Gasteiger partial charge is 0.460 e. The number of sulfone groups is 1. The number of cyclic esters (lactones) is 1. The van der Waals surface area contributed by atoms with Crippen molar-refractivity contribution in [2.24, 2.45) is 11.8 Å². The van der Waals surface area contributed by atoms with Crippen molar-refractivity contribution >= 4 is 33.4 Å². The van der Waals surface area contributed by atoms with Gasteiger partial charge in [0.05, 0.1) is 30.1 Å². The smallest absolute Gasteiger partial charge is 0.330 e. The molecule has 0 aromatic carbocycles. The minimum atomic E-state index is -3.96. The summed E-state index contributed by atoms with van der Waals surface area (Å²) in [6.45, 7) is 9.93. The van der Waals surface area contributed by atoms with Gasteiger partial charge in [0, 0.05) is 38.5 Å². The van der Waals surface area contributed by atoms with E-state index in [-0.39, 0.29) is 81.2 Å². The van der Waals surface area contributed by atoms with Crippen LogP contribution in [-0.4, -0.2) is 126 Å². The van der Waals surface area contributed by atoms with Crippen LogP contribution in [0.5, 0.6) is 0 Å². The van der Waals surface area contributed by atoms with Gasteiger partial charge in [-0.1, -0.05) is 57.6 Å². The molecule has 2 aliphatic rings. The van der Waals surface area contributed by atoms with Crippen LogP contribution in [0.2, 0.25) is 0 Å². The maximum Gasteiger partial charge on any atom is 0.330 e. The van der Waals surface area contributed by atoms with Crippen LogP contribution in [0, 0.1) is 11.8 Å². The van der Waals surface area contributed by atoms with Gasteiger partial charge in [0.2, 0.25) is 11.8 Å². The fourth-order valence-electron chi connectivity index (χ4n) is 6.02. The molecule has 49 heavy (non-hydrogen) atoms. The summed E-state index contributed by atoms with van der Waals surface area (Å²) in [5.41, 5.74) is 0.470. The molecular formula is C34H50N4O10S. The van der Waals surface area contributed by atoms with Crippen LogP contribution in [0.15, 0.2) is 46.6 Å². The number of likely N-dealkylation sites (N-methyl/N-ethyl adjacent to an activating group) is 1. The van der Waals surface area contributed by atoms with E-state index < -0.39 is 56.9 Å². The Morgan fingerprint density at radius 3 is 2.57 bits per heavy atom. The van der Waals surface area contributed by atoms with Crippen molar-refractivity contribution in [2.45, 2.75) is 77.4 Å². The lowest BCUT2D eigenvalue weighted by Crippen LogP contribution is -2.50. The number of carbonyl (C=O) groups is 4. The Bertz CT molecular complexity index is 1520. The molecule has 1 fully saturated rings. The number of hydrogen-bond donors (Lipinski definition) is 3. The number of amides is 2. The summed E-state index contributed by atoms with van der Waals surface area (Å²) >= 11 is 0. The summed E-state index contributed by atoms with van der Waals surface area (Å²) in [4.78, 5) is 60.1. The number of fused-ring (bicyclic) bond motifs is 3. The molecule has 0 radical (unpaired) electrons. The predicted molar refractivity (Wildman–Crippen MR) is 181 cm³/mol. The molecule has 1 aromatic rings. The first-order valence-electron chi connectivity index (χ1n) is 16.7. The number of nitrogens with zero attached hydrogens (tertiary/aromatic N) is 3. The summed E-state index contributed by atoms with van der Waals surface area (Å²) in [5, 5.41) is 21.2. The summed E-state index contributed by atoms with van der Waals surface area (Å²) in [6, 6.07) is -1.49. The molecule has 2 amide bonds. The van der Waals surface area contributed by atoms with Crippen LogP contribution in [0.25, 0.3) is 0 Å². The third-order valence-electron chi connectivity index (χ3n) is 8.63. The second-order valence-corrected chi connectivity index (χ2v) is 15.2. The quantitative estimate of drug-likeness (QED) is 0.328. The van der Waals surface area contributed by atoms with Crippen molar-refractivity contribution in [2.75, 3.05) is 45.1 Å². The van der Waals surface area contributed by atoms with E-state index in [1.165, 1.54) is 12.2 Å². The fourth-order valence-corrected chi connectivity index (χ4v) is 7.95. The molecule has 2 bridgehead atoms. The number of aliphatic hydroxyl groups is 2. The molecule has 0 spiro atoms. The number of allylic oxidation sites excluding steroid dienone is 2.